The fraction of sp³-hybridized carbons (Fsp3) is 0. The summed E-state index contributed by atoms with van der Waals surface area (Å²) < 4.78 is 9.46. The zero-order valence-electron chi connectivity index (χ0n) is 48.8. The van der Waals surface area contributed by atoms with Gasteiger partial charge in [-0.2, -0.15) is 0 Å². The first-order valence-corrected chi connectivity index (χ1v) is 30.5. The Morgan fingerprint density at radius 3 is 0.578 bits per heavy atom. The first-order valence-electron chi connectivity index (χ1n) is 30.5. The van der Waals surface area contributed by atoms with Crippen LogP contribution in [0.15, 0.2) is 328 Å². The van der Waals surface area contributed by atoms with Crippen LogP contribution in [-0.4, -0.2) is 28.2 Å². The van der Waals surface area contributed by atoms with E-state index < -0.39 is 0 Å². The molecule has 18 aromatic rings. The zero-order valence-corrected chi connectivity index (χ0v) is 48.8. The summed E-state index contributed by atoms with van der Waals surface area (Å²) in [5.41, 5.74) is 21.3. The van der Waals surface area contributed by atoms with E-state index in [1.165, 1.54) is 87.2 Å². The maximum Gasteiger partial charge on any atom is 0.0651 e. The molecule has 0 saturated heterocycles. The van der Waals surface area contributed by atoms with E-state index in [-0.39, 0.29) is 0 Å². The number of fused-ring (bicyclic) bond motifs is 12. The Hall–Kier alpha value is -12.3. The van der Waals surface area contributed by atoms with E-state index in [0.29, 0.717) is 0 Å². The van der Waals surface area contributed by atoms with Crippen molar-refractivity contribution in [3.05, 3.63) is 328 Å². The number of hydrogen-bond donors (Lipinski definition) is 0. The number of hydrogen-bond acceptors (Lipinski definition) is 4. The van der Waals surface area contributed by atoms with Crippen molar-refractivity contribution < 1.29 is 0 Å². The van der Waals surface area contributed by atoms with Crippen molar-refractivity contribution in [2.75, 3.05) is 9.80 Å². The van der Waals surface area contributed by atoms with E-state index in [2.05, 4.69) is 331 Å². The monoisotopic (exact) mass is 1150 g/mol. The van der Waals surface area contributed by atoms with Crippen LogP contribution in [-0.2, 0) is 0 Å². The Kier molecular flexibility index (Phi) is 11.7. The second-order valence-electron chi connectivity index (χ2n) is 23.1. The Labute approximate surface area is 518 Å². The van der Waals surface area contributed by atoms with Gasteiger partial charge in [-0.15, -0.1) is 0 Å². The number of anilines is 6. The molecule has 90 heavy (non-hydrogen) atoms. The second-order valence-corrected chi connectivity index (χ2v) is 23.1. The molecule has 0 aliphatic heterocycles. The van der Waals surface area contributed by atoms with Crippen molar-refractivity contribution in [3.63, 3.8) is 0 Å². The maximum absolute atomic E-state index is 5.04. The van der Waals surface area contributed by atoms with Crippen LogP contribution in [0.25, 0.3) is 121 Å². The van der Waals surface area contributed by atoms with Gasteiger partial charge in [0.05, 0.1) is 67.9 Å². The van der Waals surface area contributed by atoms with Crippen molar-refractivity contribution in [2.45, 2.75) is 0 Å². The fourth-order valence-electron chi connectivity index (χ4n) is 14.1. The van der Waals surface area contributed by atoms with Crippen LogP contribution in [0.3, 0.4) is 0 Å². The number of nitrogens with zero attached hydrogens (tertiary/aromatic N) is 8. The van der Waals surface area contributed by atoms with Gasteiger partial charge in [-0.3, -0.25) is 9.97 Å². The Bertz CT molecular complexity index is 4900. The third-order valence-corrected chi connectivity index (χ3v) is 18.1. The van der Waals surface area contributed by atoms with E-state index in [4.69, 9.17) is 9.97 Å². The number of rotatable bonds is 11. The largest absolute Gasteiger partial charge is 0.309 e. The molecule has 0 bridgehead atoms. The van der Waals surface area contributed by atoms with E-state index in [0.717, 1.165) is 68.0 Å². The van der Waals surface area contributed by atoms with Crippen molar-refractivity contribution in [1.82, 2.24) is 28.2 Å². The van der Waals surface area contributed by atoms with Gasteiger partial charge in [0.2, 0.25) is 0 Å². The predicted molar refractivity (Wildman–Crippen MR) is 374 cm³/mol. The summed E-state index contributed by atoms with van der Waals surface area (Å²) in [5.74, 6) is 0. The van der Waals surface area contributed by atoms with Crippen molar-refractivity contribution >= 4 is 121 Å². The molecule has 0 aliphatic rings. The van der Waals surface area contributed by atoms with Gasteiger partial charge >= 0.3 is 0 Å². The molecule has 0 atom stereocenters. The third kappa shape index (κ3) is 8.16. The smallest absolute Gasteiger partial charge is 0.0651 e. The molecule has 12 aromatic carbocycles. The summed E-state index contributed by atoms with van der Waals surface area (Å²) >= 11 is 0. The summed E-state index contributed by atoms with van der Waals surface area (Å²) in [6.45, 7) is 0. The first-order chi connectivity index (χ1) is 44.7. The zero-order chi connectivity index (χ0) is 59.2. The highest BCUT2D eigenvalue weighted by molar-refractivity contribution is 6.12. The van der Waals surface area contributed by atoms with E-state index in [1.807, 2.05) is 24.8 Å². The first kappa shape index (κ1) is 51.0. The number of pyridine rings is 2. The van der Waals surface area contributed by atoms with Gasteiger partial charge in [0.1, 0.15) is 0 Å². The number of para-hydroxylation sites is 8. The molecule has 0 spiro atoms. The molecule has 18 rings (SSSR count). The molecule has 0 radical (unpaired) electrons. The summed E-state index contributed by atoms with van der Waals surface area (Å²) in [5, 5.41) is 9.84. The van der Waals surface area contributed by atoms with Crippen molar-refractivity contribution in [3.8, 4) is 33.9 Å². The van der Waals surface area contributed by atoms with Crippen LogP contribution in [0, 0.1) is 0 Å². The van der Waals surface area contributed by atoms with Gasteiger partial charge in [0.25, 0.3) is 0 Å². The molecule has 422 valence electrons. The predicted octanol–water partition coefficient (Wildman–Crippen LogP) is 21.5. The average molecular weight is 1150 g/mol. The molecule has 0 unspecified atom stereocenters. The molecule has 6 aromatic heterocycles. The van der Waals surface area contributed by atoms with E-state index >= 15 is 0 Å². The van der Waals surface area contributed by atoms with Gasteiger partial charge in [-0.1, -0.05) is 146 Å². The molecule has 0 N–H and O–H groups in total. The Balaban J connectivity index is 0.757. The van der Waals surface area contributed by atoms with Gasteiger partial charge < -0.3 is 28.1 Å². The van der Waals surface area contributed by atoms with Gasteiger partial charge in [-0.25, -0.2) is 0 Å². The highest BCUT2D eigenvalue weighted by atomic mass is 15.2. The minimum atomic E-state index is 0.908. The lowest BCUT2D eigenvalue weighted by molar-refractivity contribution is 1.16. The minimum Gasteiger partial charge on any atom is -0.309 e. The van der Waals surface area contributed by atoms with Crippen LogP contribution in [0.5, 0.6) is 0 Å². The average Bonchev–Trinajstić information content (AvgIpc) is 1.63. The lowest BCUT2D eigenvalue weighted by Crippen LogP contribution is -2.11. The summed E-state index contributed by atoms with van der Waals surface area (Å²) in [4.78, 5) is 14.7. The fourth-order valence-corrected chi connectivity index (χ4v) is 14.1. The van der Waals surface area contributed by atoms with E-state index in [1.54, 1.807) is 0 Å². The summed E-state index contributed by atoms with van der Waals surface area (Å²) in [6.07, 6.45) is 7.83. The summed E-state index contributed by atoms with van der Waals surface area (Å²) in [7, 11) is 0. The van der Waals surface area contributed by atoms with Crippen LogP contribution in [0.2, 0.25) is 0 Å². The highest BCUT2D eigenvalue weighted by Crippen LogP contribution is 2.43. The highest BCUT2D eigenvalue weighted by Gasteiger charge is 2.22. The lowest BCUT2D eigenvalue weighted by atomic mass is 10.1. The van der Waals surface area contributed by atoms with Gasteiger partial charge in [0, 0.05) is 112 Å². The summed E-state index contributed by atoms with van der Waals surface area (Å²) in [6, 6.07) is 110. The van der Waals surface area contributed by atoms with E-state index in [9.17, 15) is 0 Å². The molecular formula is C82H54N8. The van der Waals surface area contributed by atoms with Crippen LogP contribution >= 0.6 is 0 Å². The van der Waals surface area contributed by atoms with Gasteiger partial charge in [-0.05, 0) is 158 Å². The lowest BCUT2D eigenvalue weighted by Gasteiger charge is -2.27. The van der Waals surface area contributed by atoms with Gasteiger partial charge in [0.15, 0.2) is 0 Å². The third-order valence-electron chi connectivity index (χ3n) is 18.1. The molecule has 6 heterocycles. The molecule has 0 saturated carbocycles. The van der Waals surface area contributed by atoms with Crippen molar-refractivity contribution in [1.29, 1.82) is 0 Å². The molecule has 0 amide bonds. The molecule has 0 aliphatic carbocycles. The molecule has 0 fully saturated rings. The standard InChI is InChI=1S/C82H54N8/c1-9-25-75-67(17-1)68-18-2-10-26-76(68)87(75)61-41-33-57(34-42-61)85(58-35-43-62(44-36-58)88-77-27-11-3-19-69(77)70-20-4-12-28-78(70)88)65-49-55(51-83-53-65)56-50-66(54-84-52-56)86(59-37-45-63(46-38-59)89-79-29-13-5-21-71(79)72-22-6-14-30-80(72)89)60-39-47-64(48-40-60)90-81-31-15-7-23-73(81)74-24-8-16-32-82(74)90/h1-54H. The second kappa shape index (κ2) is 20.7. The quantitative estimate of drug-likeness (QED) is 0.130. The molecular weight excluding hydrogens is 1100 g/mol. The van der Waals surface area contributed by atoms with Crippen molar-refractivity contribution in [2.24, 2.45) is 0 Å². The minimum absolute atomic E-state index is 0.908. The number of benzene rings is 12. The maximum atomic E-state index is 5.04. The Morgan fingerprint density at radius 2 is 0.378 bits per heavy atom. The molecule has 8 nitrogen and oxygen atoms in total. The number of aromatic nitrogens is 6. The van der Waals surface area contributed by atoms with Crippen LogP contribution in [0.4, 0.5) is 34.1 Å². The normalized spacial score (nSPS) is 11.8. The molecule has 8 heteroatoms. The SMILES string of the molecule is c1ccc2c(c1)c1ccccc1n2-c1ccc(N(c2ccc(-n3c4ccccc4c4ccccc43)cc2)c2cncc(-c3cncc(N(c4ccc(-n5c6ccccc6c6ccccc65)cc4)c4ccc(-n5c6ccccc6c6ccccc65)cc4)c3)c2)cc1. The van der Waals surface area contributed by atoms with Crippen LogP contribution < -0.4 is 9.80 Å². The van der Waals surface area contributed by atoms with Crippen LogP contribution in [0.1, 0.15) is 0 Å². The topological polar surface area (TPSA) is 52.0 Å². The Morgan fingerprint density at radius 1 is 0.189 bits per heavy atom.